The van der Waals surface area contributed by atoms with E-state index in [4.69, 9.17) is 0 Å². The molecule has 0 aliphatic heterocycles. The van der Waals surface area contributed by atoms with Crippen LogP contribution in [0.15, 0.2) is 12.2 Å². The molecule has 4 rings (SSSR count). The first-order valence-electron chi connectivity index (χ1n) is 14.3. The van der Waals surface area contributed by atoms with Crippen LogP contribution < -0.4 is 0 Å². The van der Waals surface area contributed by atoms with Crippen molar-refractivity contribution in [2.45, 2.75) is 125 Å². The van der Waals surface area contributed by atoms with Crippen LogP contribution in [0, 0.1) is 57.7 Å². The van der Waals surface area contributed by atoms with Crippen molar-refractivity contribution >= 4 is 0 Å². The van der Waals surface area contributed by atoms with Gasteiger partial charge in [0, 0.05) is 0 Å². The van der Waals surface area contributed by atoms with E-state index in [1.807, 2.05) is 0 Å². The number of aliphatic hydroxyl groups is 1. The van der Waals surface area contributed by atoms with Crippen LogP contribution in [0.25, 0.3) is 0 Å². The molecule has 0 aromatic carbocycles. The van der Waals surface area contributed by atoms with Crippen molar-refractivity contribution in [2.75, 3.05) is 0 Å². The highest BCUT2D eigenvalue weighted by molar-refractivity contribution is 5.15. The van der Waals surface area contributed by atoms with Gasteiger partial charge in [0.2, 0.25) is 0 Å². The predicted molar refractivity (Wildman–Crippen MR) is 137 cm³/mol. The van der Waals surface area contributed by atoms with Crippen molar-refractivity contribution in [1.82, 2.24) is 0 Å². The van der Waals surface area contributed by atoms with E-state index in [-0.39, 0.29) is 6.10 Å². The number of hydrogen-bond acceptors (Lipinski definition) is 1. The predicted octanol–water partition coefficient (Wildman–Crippen LogP) is 8.66. The fourth-order valence-electron chi connectivity index (χ4n) is 10.2. The molecule has 0 radical (unpaired) electrons. The van der Waals surface area contributed by atoms with Gasteiger partial charge in [-0.1, -0.05) is 67.0 Å². The molecule has 4 aliphatic rings. The molecule has 4 fully saturated rings. The van der Waals surface area contributed by atoms with Crippen molar-refractivity contribution < 1.29 is 5.11 Å². The Morgan fingerprint density at radius 3 is 2.22 bits per heavy atom. The summed E-state index contributed by atoms with van der Waals surface area (Å²) >= 11 is 0. The zero-order valence-corrected chi connectivity index (χ0v) is 22.6. The van der Waals surface area contributed by atoms with E-state index in [2.05, 4.69) is 55.0 Å². The van der Waals surface area contributed by atoms with E-state index >= 15 is 0 Å². The van der Waals surface area contributed by atoms with Gasteiger partial charge < -0.3 is 5.11 Å². The lowest BCUT2D eigenvalue weighted by Gasteiger charge is -2.66. The molecule has 10 unspecified atom stereocenters. The molecule has 10 atom stereocenters. The molecular weight excluding hydrogens is 388 g/mol. The molecule has 4 saturated carbocycles. The summed E-state index contributed by atoms with van der Waals surface area (Å²) < 4.78 is 0. The van der Waals surface area contributed by atoms with Crippen molar-refractivity contribution in [3.05, 3.63) is 12.2 Å². The van der Waals surface area contributed by atoms with Gasteiger partial charge in [-0.15, -0.1) is 0 Å². The molecule has 0 bridgehead atoms. The summed E-state index contributed by atoms with van der Waals surface area (Å²) in [4.78, 5) is 0. The molecular formula is C31H54O. The minimum atomic E-state index is -0.0578. The maximum absolute atomic E-state index is 10.6. The lowest BCUT2D eigenvalue weighted by atomic mass is 9.39. The average molecular weight is 443 g/mol. The number of aliphatic hydroxyl groups excluding tert-OH is 1. The van der Waals surface area contributed by atoms with Gasteiger partial charge in [0.25, 0.3) is 0 Å². The Kier molecular flexibility index (Phi) is 6.77. The molecule has 0 spiro atoms. The molecule has 0 heterocycles. The third-order valence-corrected chi connectivity index (χ3v) is 12.7. The fourth-order valence-corrected chi connectivity index (χ4v) is 10.2. The highest BCUT2D eigenvalue weighted by Crippen LogP contribution is 2.73. The van der Waals surface area contributed by atoms with Gasteiger partial charge in [0.15, 0.2) is 0 Å². The second-order valence-corrected chi connectivity index (χ2v) is 14.1. The van der Waals surface area contributed by atoms with Gasteiger partial charge in [-0.2, -0.15) is 0 Å². The molecule has 1 nitrogen and oxygen atoms in total. The largest absolute Gasteiger partial charge is 0.393 e. The van der Waals surface area contributed by atoms with Gasteiger partial charge in [-0.3, -0.25) is 0 Å². The Morgan fingerprint density at radius 2 is 1.53 bits per heavy atom. The lowest BCUT2D eigenvalue weighted by molar-refractivity contribution is -0.179. The van der Waals surface area contributed by atoms with Crippen molar-refractivity contribution in [1.29, 1.82) is 0 Å². The van der Waals surface area contributed by atoms with Crippen molar-refractivity contribution in [3.63, 3.8) is 0 Å². The Morgan fingerprint density at radius 1 is 0.875 bits per heavy atom. The molecule has 4 aliphatic carbocycles. The minimum absolute atomic E-state index is 0.0578. The first kappa shape index (κ1) is 24.8. The van der Waals surface area contributed by atoms with Gasteiger partial charge in [0.05, 0.1) is 6.10 Å². The third-order valence-electron chi connectivity index (χ3n) is 12.7. The van der Waals surface area contributed by atoms with Crippen LogP contribution >= 0.6 is 0 Å². The van der Waals surface area contributed by atoms with Crippen LogP contribution in [0.5, 0.6) is 0 Å². The molecule has 184 valence electrons. The first-order valence-corrected chi connectivity index (χ1v) is 14.3. The topological polar surface area (TPSA) is 20.2 Å². The highest BCUT2D eigenvalue weighted by atomic mass is 16.3. The molecule has 32 heavy (non-hydrogen) atoms. The summed E-state index contributed by atoms with van der Waals surface area (Å²) in [6, 6.07) is 0. The van der Waals surface area contributed by atoms with Crippen LogP contribution in [0.3, 0.4) is 0 Å². The third kappa shape index (κ3) is 3.67. The van der Waals surface area contributed by atoms with E-state index in [1.54, 1.807) is 0 Å². The number of allylic oxidation sites excluding steroid dienone is 1. The summed E-state index contributed by atoms with van der Waals surface area (Å²) in [5.74, 6) is 5.40. The highest BCUT2D eigenvalue weighted by Gasteiger charge is 2.66. The van der Waals surface area contributed by atoms with Gasteiger partial charge >= 0.3 is 0 Å². The summed E-state index contributed by atoms with van der Waals surface area (Å²) in [7, 11) is 0. The van der Waals surface area contributed by atoms with E-state index in [1.165, 1.54) is 69.8 Å². The maximum Gasteiger partial charge on any atom is 0.0568 e. The van der Waals surface area contributed by atoms with E-state index in [0.717, 1.165) is 36.0 Å². The summed E-state index contributed by atoms with van der Waals surface area (Å²) in [5, 5.41) is 10.6. The summed E-state index contributed by atoms with van der Waals surface area (Å²) in [5.41, 5.74) is 2.94. The number of hydrogen-bond donors (Lipinski definition) is 1. The Bertz CT molecular complexity index is 695. The van der Waals surface area contributed by atoms with E-state index in [9.17, 15) is 5.11 Å². The number of rotatable bonds is 6. The van der Waals surface area contributed by atoms with Crippen LogP contribution in [-0.4, -0.2) is 11.2 Å². The normalized spacial score (nSPS) is 49.3. The van der Waals surface area contributed by atoms with Crippen LogP contribution in [0.4, 0.5) is 0 Å². The van der Waals surface area contributed by atoms with Gasteiger partial charge in [0.1, 0.15) is 0 Å². The maximum atomic E-state index is 10.6. The van der Waals surface area contributed by atoms with Crippen LogP contribution in [-0.2, 0) is 0 Å². The standard InChI is InChI=1S/C31H54O/c1-20(2)21(3)10-9-11-22(4)24-14-18-31(8)27-13-12-25-23(5)28(32)16-17-29(25,6)26(27)15-19-30(24,31)7/h20,22-28,32H,3,9-19H2,1-2,4-8H3. The molecule has 0 amide bonds. The molecule has 1 heteroatoms. The van der Waals surface area contributed by atoms with Crippen molar-refractivity contribution in [2.24, 2.45) is 57.7 Å². The monoisotopic (exact) mass is 442 g/mol. The van der Waals surface area contributed by atoms with Crippen LogP contribution in [0.1, 0.15) is 119 Å². The van der Waals surface area contributed by atoms with Gasteiger partial charge in [-0.25, -0.2) is 0 Å². The second kappa shape index (κ2) is 8.73. The smallest absolute Gasteiger partial charge is 0.0568 e. The molecule has 1 N–H and O–H groups in total. The van der Waals surface area contributed by atoms with Gasteiger partial charge in [-0.05, 0) is 122 Å². The summed E-state index contributed by atoms with van der Waals surface area (Å²) in [6.45, 7) is 21.9. The molecule has 0 saturated heterocycles. The Hall–Kier alpha value is -0.300. The lowest BCUT2D eigenvalue weighted by Crippen LogP contribution is -2.59. The van der Waals surface area contributed by atoms with Crippen LogP contribution in [0.2, 0.25) is 0 Å². The second-order valence-electron chi connectivity index (χ2n) is 14.1. The number of fused-ring (bicyclic) bond motifs is 5. The van der Waals surface area contributed by atoms with E-state index < -0.39 is 0 Å². The van der Waals surface area contributed by atoms with Crippen molar-refractivity contribution in [3.8, 4) is 0 Å². The quantitative estimate of drug-likeness (QED) is 0.408. The zero-order valence-electron chi connectivity index (χ0n) is 22.6. The first-order chi connectivity index (χ1) is 15.0. The molecule has 0 aromatic heterocycles. The van der Waals surface area contributed by atoms with E-state index in [0.29, 0.717) is 28.1 Å². The Labute approximate surface area is 200 Å². The summed E-state index contributed by atoms with van der Waals surface area (Å²) in [6.07, 6.45) is 14.7. The Balaban J connectivity index is 1.49. The SMILES string of the molecule is C=C(CCCC(C)C1CCC2(C)C3CCC4C(C)C(O)CCC4(C)C3CCC12C)C(C)C. The molecule has 0 aromatic rings. The zero-order chi connectivity index (χ0) is 23.5. The minimum Gasteiger partial charge on any atom is -0.393 e. The fraction of sp³-hybridized carbons (Fsp3) is 0.935. The average Bonchev–Trinajstić information content (AvgIpc) is 3.02.